The summed E-state index contributed by atoms with van der Waals surface area (Å²) in [6.45, 7) is 1.18. The Morgan fingerprint density at radius 3 is 2.64 bits per heavy atom. The van der Waals surface area contributed by atoms with Crippen LogP contribution in [0, 0.1) is 0 Å². The van der Waals surface area contributed by atoms with E-state index in [1.165, 1.54) is 12.6 Å². The van der Waals surface area contributed by atoms with E-state index in [1.807, 2.05) is 66.7 Å². The van der Waals surface area contributed by atoms with Gasteiger partial charge in [-0.25, -0.2) is 18.4 Å². The maximum absolute atomic E-state index is 11.4. The highest BCUT2D eigenvalue weighted by Crippen LogP contribution is 2.33. The third-order valence-electron chi connectivity index (χ3n) is 6.06. The van der Waals surface area contributed by atoms with Gasteiger partial charge in [-0.05, 0) is 47.5 Å². The maximum atomic E-state index is 11.4. The van der Waals surface area contributed by atoms with E-state index in [0.717, 1.165) is 33.3 Å². The van der Waals surface area contributed by atoms with Crippen molar-refractivity contribution in [3.8, 4) is 16.9 Å². The standard InChI is InChI=1S/C29H27ClN4O4S/c1-39(35,36)14-12-31-17-28-23(11-13-37-28)21-7-9-26-24(15-21)29(33-19-32-26)34-22-8-10-27(25(30)16-22)38-18-20-5-3-2-4-6-20/h2-11,13,15-16,19,31H,12,14,17-18H2,1H3,(H,32,33,34). The van der Waals surface area contributed by atoms with Gasteiger partial charge in [0, 0.05) is 29.4 Å². The molecule has 200 valence electrons. The molecule has 2 aromatic heterocycles. The summed E-state index contributed by atoms with van der Waals surface area (Å²) in [7, 11) is -3.03. The number of nitrogens with one attached hydrogen (secondary N) is 2. The summed E-state index contributed by atoms with van der Waals surface area (Å²) in [5.41, 5.74) is 4.43. The Hall–Kier alpha value is -3.92. The predicted octanol–water partition coefficient (Wildman–Crippen LogP) is 6.00. The molecule has 8 nitrogen and oxygen atoms in total. The highest BCUT2D eigenvalue weighted by molar-refractivity contribution is 7.90. The Morgan fingerprint density at radius 2 is 1.85 bits per heavy atom. The lowest BCUT2D eigenvalue weighted by Crippen LogP contribution is -2.21. The average Bonchev–Trinajstić information content (AvgIpc) is 3.39. The van der Waals surface area contributed by atoms with Gasteiger partial charge >= 0.3 is 0 Å². The second-order valence-corrected chi connectivity index (χ2v) is 11.7. The second-order valence-electron chi connectivity index (χ2n) is 9.06. The number of nitrogens with zero attached hydrogens (tertiary/aromatic N) is 2. The Balaban J connectivity index is 1.33. The number of aromatic nitrogens is 2. The van der Waals surface area contributed by atoms with Gasteiger partial charge in [0.15, 0.2) is 0 Å². The van der Waals surface area contributed by atoms with E-state index in [2.05, 4.69) is 20.6 Å². The first kappa shape index (κ1) is 26.7. The van der Waals surface area contributed by atoms with Crippen LogP contribution >= 0.6 is 11.6 Å². The maximum Gasteiger partial charge on any atom is 0.148 e. The molecule has 5 rings (SSSR count). The van der Waals surface area contributed by atoms with E-state index in [0.29, 0.717) is 42.0 Å². The minimum atomic E-state index is -3.03. The molecule has 0 atom stereocenters. The normalized spacial score (nSPS) is 11.5. The summed E-state index contributed by atoms with van der Waals surface area (Å²) >= 11 is 6.52. The van der Waals surface area contributed by atoms with E-state index in [1.54, 1.807) is 12.3 Å². The lowest BCUT2D eigenvalue weighted by Gasteiger charge is -2.12. The number of rotatable bonds is 11. The molecule has 5 aromatic rings. The zero-order valence-corrected chi connectivity index (χ0v) is 22.8. The van der Waals surface area contributed by atoms with Crippen molar-refractivity contribution >= 4 is 43.8 Å². The SMILES string of the molecule is CS(=O)(=O)CCNCc1occc1-c1ccc2ncnc(Nc3ccc(OCc4ccccc4)c(Cl)c3)c2c1. The van der Waals surface area contributed by atoms with Crippen molar-refractivity contribution in [2.75, 3.05) is 23.9 Å². The van der Waals surface area contributed by atoms with Gasteiger partial charge in [-0.3, -0.25) is 0 Å². The summed E-state index contributed by atoms with van der Waals surface area (Å²) < 4.78 is 34.3. The Kier molecular flexibility index (Phi) is 8.11. The van der Waals surface area contributed by atoms with E-state index >= 15 is 0 Å². The van der Waals surface area contributed by atoms with Crippen LogP contribution in [-0.2, 0) is 23.0 Å². The molecule has 0 fully saturated rings. The van der Waals surface area contributed by atoms with Crippen LogP contribution < -0.4 is 15.4 Å². The summed E-state index contributed by atoms with van der Waals surface area (Å²) in [6, 6.07) is 23.2. The molecule has 0 bridgehead atoms. The van der Waals surface area contributed by atoms with Crippen LogP contribution in [0.5, 0.6) is 5.75 Å². The molecule has 0 aliphatic carbocycles. The first-order valence-electron chi connectivity index (χ1n) is 12.3. The van der Waals surface area contributed by atoms with Gasteiger partial charge in [0.1, 0.15) is 40.1 Å². The molecule has 0 aliphatic rings. The molecular weight excluding hydrogens is 536 g/mol. The highest BCUT2D eigenvalue weighted by atomic mass is 35.5. The minimum Gasteiger partial charge on any atom is -0.487 e. The molecule has 2 heterocycles. The fourth-order valence-corrected chi connectivity index (χ4v) is 4.84. The molecule has 39 heavy (non-hydrogen) atoms. The zero-order valence-electron chi connectivity index (χ0n) is 21.2. The lowest BCUT2D eigenvalue weighted by molar-refractivity contribution is 0.306. The van der Waals surface area contributed by atoms with Crippen molar-refractivity contribution in [2.45, 2.75) is 13.2 Å². The van der Waals surface area contributed by atoms with E-state index in [-0.39, 0.29) is 5.75 Å². The van der Waals surface area contributed by atoms with Crippen molar-refractivity contribution in [1.82, 2.24) is 15.3 Å². The third-order valence-corrected chi connectivity index (χ3v) is 7.30. The third kappa shape index (κ3) is 6.94. The smallest absolute Gasteiger partial charge is 0.148 e. The first-order valence-corrected chi connectivity index (χ1v) is 14.7. The van der Waals surface area contributed by atoms with E-state index in [4.69, 9.17) is 20.8 Å². The van der Waals surface area contributed by atoms with Crippen LogP contribution in [0.4, 0.5) is 11.5 Å². The van der Waals surface area contributed by atoms with Crippen molar-refractivity contribution < 1.29 is 17.6 Å². The molecule has 0 amide bonds. The molecule has 0 radical (unpaired) electrons. The van der Waals surface area contributed by atoms with Crippen LogP contribution in [0.2, 0.25) is 5.02 Å². The van der Waals surface area contributed by atoms with Gasteiger partial charge < -0.3 is 19.8 Å². The monoisotopic (exact) mass is 562 g/mol. The van der Waals surface area contributed by atoms with Crippen LogP contribution in [0.15, 0.2) is 89.8 Å². The van der Waals surface area contributed by atoms with Crippen LogP contribution in [0.25, 0.3) is 22.0 Å². The second kappa shape index (κ2) is 11.9. The van der Waals surface area contributed by atoms with Gasteiger partial charge in [-0.1, -0.05) is 48.0 Å². The summed E-state index contributed by atoms with van der Waals surface area (Å²) in [4.78, 5) is 8.88. The molecule has 0 unspecified atom stereocenters. The fourth-order valence-electron chi connectivity index (χ4n) is 4.09. The molecule has 2 N–H and O–H groups in total. The largest absolute Gasteiger partial charge is 0.487 e. The number of benzene rings is 3. The number of hydrogen-bond donors (Lipinski definition) is 2. The van der Waals surface area contributed by atoms with Gasteiger partial charge in [0.05, 0.1) is 29.1 Å². The van der Waals surface area contributed by atoms with Gasteiger partial charge in [0.25, 0.3) is 0 Å². The van der Waals surface area contributed by atoms with Crippen LogP contribution in [-0.4, -0.2) is 36.9 Å². The predicted molar refractivity (Wildman–Crippen MR) is 154 cm³/mol. The molecule has 0 aliphatic heterocycles. The summed E-state index contributed by atoms with van der Waals surface area (Å²) in [6.07, 6.45) is 4.35. The number of halogens is 1. The Labute approximate surface area is 231 Å². The van der Waals surface area contributed by atoms with E-state index < -0.39 is 9.84 Å². The molecule has 3 aromatic carbocycles. The number of ether oxygens (including phenoxy) is 1. The van der Waals surface area contributed by atoms with Crippen molar-refractivity contribution in [2.24, 2.45) is 0 Å². The highest BCUT2D eigenvalue weighted by Gasteiger charge is 2.13. The van der Waals surface area contributed by atoms with Crippen molar-refractivity contribution in [3.63, 3.8) is 0 Å². The molecule has 0 spiro atoms. The lowest BCUT2D eigenvalue weighted by atomic mass is 10.0. The Bertz CT molecular complexity index is 1690. The number of fused-ring (bicyclic) bond motifs is 1. The Morgan fingerprint density at radius 1 is 1.00 bits per heavy atom. The molecule has 10 heteroatoms. The van der Waals surface area contributed by atoms with Gasteiger partial charge in [-0.2, -0.15) is 0 Å². The molecular formula is C29H27ClN4O4S. The summed E-state index contributed by atoms with van der Waals surface area (Å²) in [5.74, 6) is 2.01. The van der Waals surface area contributed by atoms with Gasteiger partial charge in [0.2, 0.25) is 0 Å². The number of hydrogen-bond acceptors (Lipinski definition) is 8. The van der Waals surface area contributed by atoms with Gasteiger partial charge in [-0.15, -0.1) is 0 Å². The average molecular weight is 563 g/mol. The zero-order chi connectivity index (χ0) is 27.2. The topological polar surface area (TPSA) is 106 Å². The number of furan rings is 1. The minimum absolute atomic E-state index is 0.0650. The molecule has 0 saturated heterocycles. The first-order chi connectivity index (χ1) is 18.9. The van der Waals surface area contributed by atoms with E-state index in [9.17, 15) is 8.42 Å². The number of sulfone groups is 1. The number of anilines is 2. The summed E-state index contributed by atoms with van der Waals surface area (Å²) in [5, 5.41) is 7.79. The van der Waals surface area contributed by atoms with Crippen LogP contribution in [0.1, 0.15) is 11.3 Å². The quantitative estimate of drug-likeness (QED) is 0.189. The van der Waals surface area contributed by atoms with Crippen molar-refractivity contribution in [1.29, 1.82) is 0 Å². The molecule has 0 saturated carbocycles. The fraction of sp³-hybridized carbons (Fsp3) is 0.172. The van der Waals surface area contributed by atoms with Crippen LogP contribution in [0.3, 0.4) is 0 Å². The van der Waals surface area contributed by atoms with Crippen molar-refractivity contribution in [3.05, 3.63) is 102 Å².